The van der Waals surface area contributed by atoms with E-state index in [9.17, 15) is 9.59 Å². The summed E-state index contributed by atoms with van der Waals surface area (Å²) in [7, 11) is 1.80. The SMILES string of the molecule is CC1CCC(C(C)C)C(OC(=O)[C@@H]2[C@@H](c3ccccc3)N(C)O[C@H]2C(=O)OC2CC(C)CCC2C(C)C)C1. The lowest BCUT2D eigenvalue weighted by atomic mass is 9.75. The van der Waals surface area contributed by atoms with E-state index in [-0.39, 0.29) is 18.2 Å². The number of hydroxylamine groups is 2. The number of benzene rings is 1. The molecule has 3 fully saturated rings. The molecule has 0 N–H and O–H groups in total. The molecule has 9 atom stereocenters. The molecule has 1 aliphatic heterocycles. The van der Waals surface area contributed by atoms with Gasteiger partial charge in [-0.1, -0.05) is 84.7 Å². The van der Waals surface area contributed by atoms with Crippen molar-refractivity contribution >= 4 is 11.9 Å². The maximum absolute atomic E-state index is 14.0. The fourth-order valence-electron chi connectivity index (χ4n) is 7.16. The molecule has 0 bridgehead atoms. The van der Waals surface area contributed by atoms with Crippen molar-refractivity contribution in [1.82, 2.24) is 5.06 Å². The molecule has 1 heterocycles. The molecule has 1 aromatic carbocycles. The molecule has 6 nitrogen and oxygen atoms in total. The van der Waals surface area contributed by atoms with Crippen molar-refractivity contribution in [2.24, 2.45) is 41.4 Å². The second-order valence-corrected chi connectivity index (χ2v) is 13.1. The van der Waals surface area contributed by atoms with Gasteiger partial charge in [-0.05, 0) is 66.8 Å². The van der Waals surface area contributed by atoms with Gasteiger partial charge in [-0.15, -0.1) is 0 Å². The molecular formula is C32H49NO5. The third-order valence-electron chi connectivity index (χ3n) is 9.44. The zero-order chi connectivity index (χ0) is 27.6. The maximum Gasteiger partial charge on any atom is 0.338 e. The molecule has 2 saturated carbocycles. The van der Waals surface area contributed by atoms with Crippen LogP contribution in [0.4, 0.5) is 0 Å². The molecule has 38 heavy (non-hydrogen) atoms. The minimum absolute atomic E-state index is 0.144. The second kappa shape index (κ2) is 12.5. The van der Waals surface area contributed by atoms with Crippen LogP contribution in [0.2, 0.25) is 0 Å². The summed E-state index contributed by atoms with van der Waals surface area (Å²) in [6, 6.07) is 9.39. The van der Waals surface area contributed by atoms with Crippen LogP contribution in [0.3, 0.4) is 0 Å². The first-order valence-corrected chi connectivity index (χ1v) is 14.9. The number of rotatable bonds is 7. The summed E-state index contributed by atoms with van der Waals surface area (Å²) in [6.45, 7) is 13.3. The summed E-state index contributed by atoms with van der Waals surface area (Å²) >= 11 is 0. The van der Waals surface area contributed by atoms with E-state index in [2.05, 4.69) is 41.5 Å². The predicted octanol–water partition coefficient (Wildman–Crippen LogP) is 6.60. The Morgan fingerprint density at radius 2 is 1.32 bits per heavy atom. The normalized spacial score (nSPS) is 36.4. The first-order chi connectivity index (χ1) is 18.1. The maximum atomic E-state index is 14.0. The monoisotopic (exact) mass is 527 g/mol. The van der Waals surface area contributed by atoms with E-state index in [0.29, 0.717) is 35.5 Å². The first-order valence-electron chi connectivity index (χ1n) is 14.9. The van der Waals surface area contributed by atoms with Gasteiger partial charge in [-0.2, -0.15) is 5.06 Å². The van der Waals surface area contributed by atoms with Crippen LogP contribution in [0.15, 0.2) is 30.3 Å². The summed E-state index contributed by atoms with van der Waals surface area (Å²) in [5.74, 6) is 0.921. The number of ether oxygens (including phenoxy) is 2. The van der Waals surface area contributed by atoms with Gasteiger partial charge in [0.25, 0.3) is 0 Å². The van der Waals surface area contributed by atoms with Crippen molar-refractivity contribution < 1.29 is 23.9 Å². The van der Waals surface area contributed by atoms with E-state index in [0.717, 1.165) is 44.1 Å². The fraction of sp³-hybridized carbons (Fsp3) is 0.750. The zero-order valence-electron chi connectivity index (χ0n) is 24.5. The van der Waals surface area contributed by atoms with Gasteiger partial charge in [0, 0.05) is 7.05 Å². The molecule has 0 amide bonds. The van der Waals surface area contributed by atoms with Crippen LogP contribution in [-0.4, -0.2) is 42.4 Å². The van der Waals surface area contributed by atoms with Crippen molar-refractivity contribution in [1.29, 1.82) is 0 Å². The first kappa shape index (κ1) is 29.1. The molecule has 1 saturated heterocycles. The summed E-state index contributed by atoms with van der Waals surface area (Å²) < 4.78 is 12.5. The number of hydrogen-bond donors (Lipinski definition) is 0. The zero-order valence-corrected chi connectivity index (χ0v) is 24.5. The van der Waals surface area contributed by atoms with Gasteiger partial charge in [0.2, 0.25) is 0 Å². The van der Waals surface area contributed by atoms with E-state index in [1.54, 1.807) is 12.1 Å². The van der Waals surface area contributed by atoms with Crippen LogP contribution >= 0.6 is 0 Å². The third kappa shape index (κ3) is 6.44. The molecule has 2 aliphatic carbocycles. The molecule has 6 unspecified atom stereocenters. The Bertz CT molecular complexity index is 933. The van der Waals surface area contributed by atoms with Gasteiger partial charge in [0.05, 0.1) is 6.04 Å². The predicted molar refractivity (Wildman–Crippen MR) is 148 cm³/mol. The number of esters is 2. The van der Waals surface area contributed by atoms with Crippen LogP contribution in [0.1, 0.15) is 91.7 Å². The Hall–Kier alpha value is -1.92. The highest BCUT2D eigenvalue weighted by molar-refractivity contribution is 5.85. The fourth-order valence-corrected chi connectivity index (χ4v) is 7.16. The number of hydrogen-bond acceptors (Lipinski definition) is 6. The van der Waals surface area contributed by atoms with Crippen molar-refractivity contribution in [3.63, 3.8) is 0 Å². The topological polar surface area (TPSA) is 65.1 Å². The molecule has 4 rings (SSSR count). The third-order valence-corrected chi connectivity index (χ3v) is 9.44. The van der Waals surface area contributed by atoms with Crippen LogP contribution in [-0.2, 0) is 23.9 Å². The standard InChI is InChI=1S/C32H49NO5/c1-19(2)24-15-13-21(5)17-26(24)36-31(34)28-29(23-11-9-8-10-12-23)33(7)38-30(28)32(35)37-27-18-22(6)14-16-25(27)20(3)4/h8-12,19-22,24-30H,13-18H2,1-7H3/t21?,22?,24?,25?,26?,27?,28-,29-,30-/m1/s1. The Labute approximate surface area is 229 Å². The number of carbonyl (C=O) groups is 2. The Kier molecular flexibility index (Phi) is 9.57. The van der Waals surface area contributed by atoms with Gasteiger partial charge in [0.15, 0.2) is 6.10 Å². The van der Waals surface area contributed by atoms with Crippen molar-refractivity contribution in [3.8, 4) is 0 Å². The van der Waals surface area contributed by atoms with Crippen molar-refractivity contribution in [2.75, 3.05) is 7.05 Å². The minimum atomic E-state index is -1.03. The average Bonchev–Trinajstić information content (AvgIpc) is 3.21. The molecule has 0 radical (unpaired) electrons. The minimum Gasteiger partial charge on any atom is -0.462 e. The number of nitrogens with zero attached hydrogens (tertiary/aromatic N) is 1. The Balaban J connectivity index is 1.59. The molecule has 6 heteroatoms. The summed E-state index contributed by atoms with van der Waals surface area (Å²) in [5.41, 5.74) is 0.927. The second-order valence-electron chi connectivity index (χ2n) is 13.1. The van der Waals surface area contributed by atoms with Gasteiger partial charge in [-0.3, -0.25) is 9.63 Å². The van der Waals surface area contributed by atoms with Crippen LogP contribution in [0.5, 0.6) is 0 Å². The van der Waals surface area contributed by atoms with Crippen LogP contribution in [0.25, 0.3) is 0 Å². The summed E-state index contributed by atoms with van der Waals surface area (Å²) in [5, 5.41) is 1.65. The highest BCUT2D eigenvalue weighted by Crippen LogP contribution is 2.43. The van der Waals surface area contributed by atoms with Crippen molar-refractivity contribution in [2.45, 2.75) is 104 Å². The van der Waals surface area contributed by atoms with Gasteiger partial charge in [0.1, 0.15) is 18.1 Å². The van der Waals surface area contributed by atoms with E-state index in [4.69, 9.17) is 14.3 Å². The number of carbonyl (C=O) groups excluding carboxylic acids is 2. The van der Waals surface area contributed by atoms with E-state index >= 15 is 0 Å². The highest BCUT2D eigenvalue weighted by atomic mass is 16.7. The smallest absolute Gasteiger partial charge is 0.338 e. The van der Waals surface area contributed by atoms with Gasteiger partial charge >= 0.3 is 11.9 Å². The quantitative estimate of drug-likeness (QED) is 0.372. The van der Waals surface area contributed by atoms with Crippen LogP contribution < -0.4 is 0 Å². The van der Waals surface area contributed by atoms with E-state index in [1.807, 2.05) is 30.3 Å². The van der Waals surface area contributed by atoms with Crippen molar-refractivity contribution in [3.05, 3.63) is 35.9 Å². The average molecular weight is 528 g/mol. The van der Waals surface area contributed by atoms with Gasteiger partial charge < -0.3 is 9.47 Å². The lowest BCUT2D eigenvalue weighted by molar-refractivity contribution is -0.193. The van der Waals surface area contributed by atoms with E-state index in [1.165, 1.54) is 0 Å². The molecule has 212 valence electrons. The van der Waals surface area contributed by atoms with Gasteiger partial charge in [-0.25, -0.2) is 4.79 Å². The highest BCUT2D eigenvalue weighted by Gasteiger charge is 2.53. The Morgan fingerprint density at radius 3 is 1.82 bits per heavy atom. The largest absolute Gasteiger partial charge is 0.462 e. The van der Waals surface area contributed by atoms with Crippen LogP contribution in [0, 0.1) is 41.4 Å². The summed E-state index contributed by atoms with van der Waals surface area (Å²) in [6.07, 6.45) is 4.81. The summed E-state index contributed by atoms with van der Waals surface area (Å²) in [4.78, 5) is 33.9. The molecule has 3 aliphatic rings. The Morgan fingerprint density at radius 1 is 0.816 bits per heavy atom. The molecule has 0 aromatic heterocycles. The lowest BCUT2D eigenvalue weighted by Gasteiger charge is -2.38. The lowest BCUT2D eigenvalue weighted by Crippen LogP contribution is -2.44. The molecule has 1 aromatic rings. The van der Waals surface area contributed by atoms with E-state index < -0.39 is 24.0 Å². The molecule has 0 spiro atoms. The molecular weight excluding hydrogens is 478 g/mol.